The van der Waals surface area contributed by atoms with E-state index in [1.807, 2.05) is 37.3 Å². The van der Waals surface area contributed by atoms with E-state index in [1.165, 1.54) is 6.07 Å². The normalized spacial score (nSPS) is 17.1. The average molecular weight is 556 g/mol. The van der Waals surface area contributed by atoms with Gasteiger partial charge in [0, 0.05) is 39.1 Å². The van der Waals surface area contributed by atoms with Crippen molar-refractivity contribution in [3.05, 3.63) is 71.3 Å². The fourth-order valence-corrected chi connectivity index (χ4v) is 4.84. The van der Waals surface area contributed by atoms with Crippen LogP contribution in [-0.2, 0) is 9.53 Å². The first-order valence-corrected chi connectivity index (χ1v) is 13.3. The lowest BCUT2D eigenvalue weighted by Crippen LogP contribution is -2.42. The zero-order chi connectivity index (χ0) is 28.6. The summed E-state index contributed by atoms with van der Waals surface area (Å²) in [6.07, 6.45) is 1.14. The maximum Gasteiger partial charge on any atom is 0.320 e. The molecule has 11 heteroatoms. The summed E-state index contributed by atoms with van der Waals surface area (Å²) in [6, 6.07) is 12.2. The first-order chi connectivity index (χ1) is 19.3. The highest BCUT2D eigenvalue weighted by Crippen LogP contribution is 2.31. The van der Waals surface area contributed by atoms with Crippen molar-refractivity contribution in [2.75, 3.05) is 45.3 Å². The minimum absolute atomic E-state index is 0.0362. The van der Waals surface area contributed by atoms with E-state index in [-0.39, 0.29) is 30.2 Å². The number of ketones is 1. The number of likely N-dealkylation sites (tertiary alicyclic amines) is 1. The van der Waals surface area contributed by atoms with Crippen LogP contribution in [0.3, 0.4) is 0 Å². The predicted molar refractivity (Wildman–Crippen MR) is 147 cm³/mol. The molecule has 0 bridgehead atoms. The number of amides is 2. The summed E-state index contributed by atoms with van der Waals surface area (Å²) >= 11 is 0. The van der Waals surface area contributed by atoms with Gasteiger partial charge in [0.2, 0.25) is 5.88 Å². The van der Waals surface area contributed by atoms with Gasteiger partial charge in [-0.05, 0) is 43.2 Å². The van der Waals surface area contributed by atoms with Gasteiger partial charge < -0.3 is 14.8 Å². The summed E-state index contributed by atoms with van der Waals surface area (Å²) in [5.41, 5.74) is 1.86. The molecular formula is C29H35F2N5O4. The summed E-state index contributed by atoms with van der Waals surface area (Å²) < 4.78 is 40.2. The number of carbonyl (C=O) groups excluding carboxylic acids is 2. The van der Waals surface area contributed by atoms with Crippen LogP contribution in [0.2, 0.25) is 0 Å². The molecule has 2 N–H and O–H groups in total. The number of aromatic nitrogens is 2. The number of hydrogen-bond acceptors (Lipinski definition) is 6. The SMILES string of the molecule is CCCC(=O)COc1nn(-c2ccccc2)c(NC(=O)N[C@@H]2CN(CCOC)C[C@H]2c2ccc(F)c(F)c2)c1C. The number of benzene rings is 2. The Morgan fingerprint density at radius 2 is 1.88 bits per heavy atom. The molecule has 1 aliphatic heterocycles. The maximum atomic E-state index is 14.1. The van der Waals surface area contributed by atoms with Gasteiger partial charge in [-0.15, -0.1) is 5.10 Å². The third kappa shape index (κ3) is 7.02. The Hall–Kier alpha value is -3.83. The molecule has 0 saturated carbocycles. The molecule has 3 aromatic rings. The van der Waals surface area contributed by atoms with Gasteiger partial charge >= 0.3 is 6.03 Å². The number of para-hydroxylation sites is 1. The number of nitrogens with one attached hydrogen (secondary N) is 2. The molecule has 2 amide bonds. The second-order valence-corrected chi connectivity index (χ2v) is 9.84. The van der Waals surface area contributed by atoms with Gasteiger partial charge in [-0.2, -0.15) is 0 Å². The topological polar surface area (TPSA) is 97.7 Å². The summed E-state index contributed by atoms with van der Waals surface area (Å²) in [5.74, 6) is -1.51. The van der Waals surface area contributed by atoms with Crippen LogP contribution in [0, 0.1) is 18.6 Å². The highest BCUT2D eigenvalue weighted by molar-refractivity contribution is 5.90. The van der Waals surface area contributed by atoms with Gasteiger partial charge in [0.15, 0.2) is 17.4 Å². The fourth-order valence-electron chi connectivity index (χ4n) is 4.84. The molecule has 0 aliphatic carbocycles. The number of anilines is 1. The van der Waals surface area contributed by atoms with Gasteiger partial charge in [-0.1, -0.05) is 31.2 Å². The Balaban J connectivity index is 1.55. The van der Waals surface area contributed by atoms with Crippen LogP contribution >= 0.6 is 0 Å². The van der Waals surface area contributed by atoms with Gasteiger partial charge in [0.05, 0.1) is 23.9 Å². The lowest BCUT2D eigenvalue weighted by molar-refractivity contribution is -0.121. The minimum atomic E-state index is -0.927. The second-order valence-electron chi connectivity index (χ2n) is 9.84. The molecular weight excluding hydrogens is 520 g/mol. The Labute approximate surface area is 232 Å². The van der Waals surface area contributed by atoms with E-state index < -0.39 is 17.7 Å². The van der Waals surface area contributed by atoms with E-state index >= 15 is 0 Å². The summed E-state index contributed by atoms with van der Waals surface area (Å²) in [6.45, 7) is 5.76. The van der Waals surface area contributed by atoms with Crippen molar-refractivity contribution >= 4 is 17.6 Å². The molecule has 2 aromatic carbocycles. The molecule has 1 saturated heterocycles. The Kier molecular flexibility index (Phi) is 9.84. The molecule has 40 heavy (non-hydrogen) atoms. The number of halogens is 2. The van der Waals surface area contributed by atoms with Crippen molar-refractivity contribution < 1.29 is 27.8 Å². The van der Waals surface area contributed by atoms with Crippen molar-refractivity contribution in [1.82, 2.24) is 20.0 Å². The Morgan fingerprint density at radius 3 is 2.58 bits per heavy atom. The number of carbonyl (C=O) groups is 2. The highest BCUT2D eigenvalue weighted by Gasteiger charge is 2.35. The third-order valence-electron chi connectivity index (χ3n) is 6.91. The Bertz CT molecular complexity index is 1320. The summed E-state index contributed by atoms with van der Waals surface area (Å²) in [7, 11) is 1.61. The molecule has 0 radical (unpaired) electrons. The van der Waals surface area contributed by atoms with Gasteiger partial charge in [-0.3, -0.25) is 15.0 Å². The van der Waals surface area contributed by atoms with Crippen molar-refractivity contribution in [1.29, 1.82) is 0 Å². The van der Waals surface area contributed by atoms with Crippen LogP contribution in [0.1, 0.15) is 36.8 Å². The first kappa shape index (κ1) is 29.2. The lowest BCUT2D eigenvalue weighted by atomic mass is 9.94. The van der Waals surface area contributed by atoms with Crippen LogP contribution in [0.4, 0.5) is 19.4 Å². The zero-order valence-electron chi connectivity index (χ0n) is 23.0. The maximum absolute atomic E-state index is 14.1. The van der Waals surface area contributed by atoms with E-state index in [1.54, 1.807) is 24.8 Å². The van der Waals surface area contributed by atoms with Crippen LogP contribution in [0.15, 0.2) is 48.5 Å². The molecule has 2 atom stereocenters. The van der Waals surface area contributed by atoms with Crippen molar-refractivity contribution in [2.24, 2.45) is 0 Å². The third-order valence-corrected chi connectivity index (χ3v) is 6.91. The van der Waals surface area contributed by atoms with Gasteiger partial charge in [-0.25, -0.2) is 18.3 Å². The van der Waals surface area contributed by atoms with Crippen molar-refractivity contribution in [3.8, 4) is 11.6 Å². The number of urea groups is 1. The van der Waals surface area contributed by atoms with E-state index in [9.17, 15) is 18.4 Å². The molecule has 2 heterocycles. The van der Waals surface area contributed by atoms with Crippen molar-refractivity contribution in [3.63, 3.8) is 0 Å². The lowest BCUT2D eigenvalue weighted by Gasteiger charge is -2.21. The monoisotopic (exact) mass is 555 g/mol. The summed E-state index contributed by atoms with van der Waals surface area (Å²) in [4.78, 5) is 27.5. The number of nitrogens with zero attached hydrogens (tertiary/aromatic N) is 3. The fraction of sp³-hybridized carbons (Fsp3) is 0.414. The van der Waals surface area contributed by atoms with Crippen molar-refractivity contribution in [2.45, 2.75) is 38.6 Å². The standard InChI is InChI=1S/C29H35F2N5O4/c1-4-8-22(37)18-40-28-19(2)27(36(34-28)21-9-6-5-7-10-21)33-29(38)32-26-17-35(13-14-39-3)16-23(26)20-11-12-24(30)25(31)15-20/h5-7,9-12,15,23,26H,4,8,13-14,16-18H2,1-3H3,(H2,32,33,38)/t23-,26+/m0/s1. The van der Waals surface area contributed by atoms with Crippen LogP contribution in [0.5, 0.6) is 5.88 Å². The Morgan fingerprint density at radius 1 is 1.10 bits per heavy atom. The molecule has 214 valence electrons. The molecule has 1 fully saturated rings. The molecule has 1 aromatic heterocycles. The van der Waals surface area contributed by atoms with E-state index in [4.69, 9.17) is 9.47 Å². The highest BCUT2D eigenvalue weighted by atomic mass is 19.2. The first-order valence-electron chi connectivity index (χ1n) is 13.3. The predicted octanol–water partition coefficient (Wildman–Crippen LogP) is 4.44. The molecule has 1 aliphatic rings. The van der Waals surface area contributed by atoms with E-state index in [2.05, 4.69) is 20.6 Å². The molecule has 9 nitrogen and oxygen atoms in total. The number of Topliss-reactive ketones (excluding diaryl/α,β-unsaturated/α-hetero) is 1. The van der Waals surface area contributed by atoms with Crippen LogP contribution in [-0.4, -0.2) is 72.5 Å². The van der Waals surface area contributed by atoms with E-state index in [0.717, 1.165) is 12.5 Å². The second kappa shape index (κ2) is 13.5. The van der Waals surface area contributed by atoms with E-state index in [0.29, 0.717) is 55.3 Å². The summed E-state index contributed by atoms with van der Waals surface area (Å²) in [5, 5.41) is 10.4. The zero-order valence-corrected chi connectivity index (χ0v) is 23.0. The molecule has 4 rings (SSSR count). The van der Waals surface area contributed by atoms with Gasteiger partial charge in [0.1, 0.15) is 12.4 Å². The minimum Gasteiger partial charge on any atom is -0.468 e. The van der Waals surface area contributed by atoms with Gasteiger partial charge in [0.25, 0.3) is 0 Å². The number of methoxy groups -OCH3 is 1. The van der Waals surface area contributed by atoms with Crippen LogP contribution in [0.25, 0.3) is 5.69 Å². The average Bonchev–Trinajstić information content (AvgIpc) is 3.48. The smallest absolute Gasteiger partial charge is 0.320 e. The number of hydrogen-bond donors (Lipinski definition) is 2. The quantitative estimate of drug-likeness (QED) is 0.343. The number of ether oxygens (including phenoxy) is 2. The van der Waals surface area contributed by atoms with Crippen LogP contribution < -0.4 is 15.4 Å². The molecule has 0 spiro atoms. The number of rotatable bonds is 12. The largest absolute Gasteiger partial charge is 0.468 e. The molecule has 0 unspecified atom stereocenters.